The molecule has 0 aliphatic carbocycles. The predicted octanol–water partition coefficient (Wildman–Crippen LogP) is 13.2. The summed E-state index contributed by atoms with van der Waals surface area (Å²) >= 11 is 0. The molecular formula is C38H72N2O. The van der Waals surface area contributed by atoms with Crippen LogP contribution in [0.15, 0.2) is 37.2 Å². The van der Waals surface area contributed by atoms with E-state index >= 15 is 0 Å². The lowest BCUT2D eigenvalue weighted by Crippen LogP contribution is -2.27. The average molecular weight is 573 g/mol. The van der Waals surface area contributed by atoms with Crippen molar-refractivity contribution in [1.82, 2.24) is 10.6 Å². The van der Waals surface area contributed by atoms with Gasteiger partial charge in [-0.15, -0.1) is 6.58 Å². The molecule has 0 aromatic carbocycles. The summed E-state index contributed by atoms with van der Waals surface area (Å²) in [6, 6.07) is -0.147. The minimum absolute atomic E-state index is 0.147. The molecule has 0 bridgehead atoms. The van der Waals surface area contributed by atoms with Gasteiger partial charge in [-0.1, -0.05) is 179 Å². The molecule has 3 heteroatoms. The number of carbonyl (C=O) groups is 1. The third-order valence-corrected chi connectivity index (χ3v) is 8.17. The van der Waals surface area contributed by atoms with Gasteiger partial charge in [-0.3, -0.25) is 0 Å². The second-order valence-corrected chi connectivity index (χ2v) is 12.3. The number of carbonyl (C=O) groups excluding carboxylic acids is 1. The molecule has 0 saturated heterocycles. The number of rotatable bonds is 33. The lowest BCUT2D eigenvalue weighted by atomic mass is 10.0. The number of nitrogens with one attached hydrogen (secondary N) is 2. The van der Waals surface area contributed by atoms with Gasteiger partial charge in [0.2, 0.25) is 0 Å². The van der Waals surface area contributed by atoms with E-state index in [1.54, 1.807) is 12.4 Å². The first-order valence-corrected chi connectivity index (χ1v) is 18.3. The normalized spacial score (nSPS) is 11.5. The number of hydrogen-bond donors (Lipinski definition) is 2. The molecule has 2 N–H and O–H groups in total. The number of urea groups is 1. The van der Waals surface area contributed by atoms with Crippen molar-refractivity contribution in [2.24, 2.45) is 0 Å². The zero-order chi connectivity index (χ0) is 29.7. The van der Waals surface area contributed by atoms with Crippen molar-refractivity contribution in [3.8, 4) is 0 Å². The third kappa shape index (κ3) is 36.5. The van der Waals surface area contributed by atoms with Crippen LogP contribution in [-0.2, 0) is 0 Å². The summed E-state index contributed by atoms with van der Waals surface area (Å²) in [6.45, 7) is 6.07. The van der Waals surface area contributed by atoms with E-state index in [1.807, 2.05) is 6.08 Å². The van der Waals surface area contributed by atoms with Gasteiger partial charge in [0.15, 0.2) is 0 Å². The largest absolute Gasteiger partial charge is 0.322 e. The first kappa shape index (κ1) is 39.5. The van der Waals surface area contributed by atoms with Gasteiger partial charge in [0.1, 0.15) is 0 Å². The molecule has 0 aromatic heterocycles. The smallest absolute Gasteiger partial charge is 0.315 e. The monoisotopic (exact) mass is 573 g/mol. The highest BCUT2D eigenvalue weighted by atomic mass is 16.2. The SMILES string of the molecule is C=CCCCCCCCCCCCCCCCC=CNC(=O)NC=CCCCCCCCCCCCCCCCC. The predicted molar refractivity (Wildman–Crippen MR) is 184 cm³/mol. The molecule has 0 atom stereocenters. The van der Waals surface area contributed by atoms with Crippen LogP contribution in [0.25, 0.3) is 0 Å². The number of hydrogen-bond acceptors (Lipinski definition) is 1. The average Bonchev–Trinajstić information content (AvgIpc) is 2.98. The zero-order valence-corrected chi connectivity index (χ0v) is 27.7. The summed E-state index contributed by atoms with van der Waals surface area (Å²) in [5.74, 6) is 0. The van der Waals surface area contributed by atoms with E-state index in [2.05, 4.69) is 36.3 Å². The second-order valence-electron chi connectivity index (χ2n) is 12.3. The minimum atomic E-state index is -0.147. The molecule has 41 heavy (non-hydrogen) atoms. The molecule has 2 amide bonds. The fourth-order valence-electron chi connectivity index (χ4n) is 5.43. The molecule has 0 aliphatic heterocycles. The maximum Gasteiger partial charge on any atom is 0.322 e. The van der Waals surface area contributed by atoms with E-state index in [9.17, 15) is 4.79 Å². The lowest BCUT2D eigenvalue weighted by molar-refractivity contribution is 0.247. The van der Waals surface area contributed by atoms with E-state index in [4.69, 9.17) is 0 Å². The summed E-state index contributed by atoms with van der Waals surface area (Å²) < 4.78 is 0. The number of amides is 2. The van der Waals surface area contributed by atoms with Crippen LogP contribution in [0.1, 0.15) is 200 Å². The van der Waals surface area contributed by atoms with Crippen LogP contribution < -0.4 is 10.6 Å². The van der Waals surface area contributed by atoms with Crippen LogP contribution in [-0.4, -0.2) is 6.03 Å². The maximum absolute atomic E-state index is 11.8. The van der Waals surface area contributed by atoms with Crippen LogP contribution in [0.2, 0.25) is 0 Å². The summed E-state index contributed by atoms with van der Waals surface area (Å²) in [4.78, 5) is 11.8. The van der Waals surface area contributed by atoms with Crippen LogP contribution in [0.4, 0.5) is 4.79 Å². The second kappa shape index (κ2) is 36.5. The standard InChI is InChI=1S/C38H72N2O/c1-3-5-7-9-11-13-15-17-19-21-23-25-27-29-31-33-35-37-40-38(41)39-36-34-32-30-28-26-24-22-20-18-16-14-12-10-8-6-4-2/h3,34-37H,1,4-33H2,2H3,(H2,39,40,41). The Bertz CT molecular complexity index is 583. The van der Waals surface area contributed by atoms with Crippen molar-refractivity contribution in [3.05, 3.63) is 37.2 Å². The summed E-state index contributed by atoms with van der Waals surface area (Å²) in [6.07, 6.45) is 50.3. The van der Waals surface area contributed by atoms with Crippen molar-refractivity contribution in [1.29, 1.82) is 0 Å². The number of unbranched alkanes of at least 4 members (excludes halogenated alkanes) is 28. The van der Waals surface area contributed by atoms with Gasteiger partial charge in [-0.2, -0.15) is 0 Å². The van der Waals surface area contributed by atoms with Gasteiger partial charge in [-0.05, 0) is 38.5 Å². The Hall–Kier alpha value is -1.51. The third-order valence-electron chi connectivity index (χ3n) is 8.17. The van der Waals surface area contributed by atoms with E-state index in [0.717, 1.165) is 12.8 Å². The van der Waals surface area contributed by atoms with E-state index < -0.39 is 0 Å². The minimum Gasteiger partial charge on any atom is -0.315 e. The van der Waals surface area contributed by atoms with Gasteiger partial charge >= 0.3 is 6.03 Å². The lowest BCUT2D eigenvalue weighted by Gasteiger charge is -2.03. The molecular weight excluding hydrogens is 500 g/mol. The van der Waals surface area contributed by atoms with Gasteiger partial charge in [0.05, 0.1) is 0 Å². The number of allylic oxidation sites excluding steroid dienone is 3. The Kier molecular flexibility index (Phi) is 35.2. The topological polar surface area (TPSA) is 41.1 Å². The zero-order valence-electron chi connectivity index (χ0n) is 27.7. The molecule has 0 heterocycles. The molecule has 240 valence electrons. The molecule has 0 unspecified atom stereocenters. The summed E-state index contributed by atoms with van der Waals surface area (Å²) in [5.41, 5.74) is 0. The molecule has 0 rings (SSSR count). The molecule has 0 spiro atoms. The van der Waals surface area contributed by atoms with Crippen LogP contribution in [0.5, 0.6) is 0 Å². The molecule has 0 fully saturated rings. The Morgan fingerprint density at radius 3 is 1.00 bits per heavy atom. The summed E-state index contributed by atoms with van der Waals surface area (Å²) in [7, 11) is 0. The van der Waals surface area contributed by atoms with Crippen molar-refractivity contribution in [2.45, 2.75) is 200 Å². The van der Waals surface area contributed by atoms with E-state index in [-0.39, 0.29) is 6.03 Å². The van der Waals surface area contributed by atoms with Crippen molar-refractivity contribution in [3.63, 3.8) is 0 Å². The van der Waals surface area contributed by atoms with Crippen LogP contribution in [0, 0.1) is 0 Å². The highest BCUT2D eigenvalue weighted by Gasteiger charge is 1.96. The quantitative estimate of drug-likeness (QED) is 0.0596. The first-order valence-electron chi connectivity index (χ1n) is 18.3. The van der Waals surface area contributed by atoms with E-state index in [1.165, 1.54) is 180 Å². The Balaban J connectivity index is 3.27. The molecule has 3 nitrogen and oxygen atoms in total. The molecule has 0 aromatic rings. The van der Waals surface area contributed by atoms with Gasteiger partial charge in [0.25, 0.3) is 0 Å². The fourth-order valence-corrected chi connectivity index (χ4v) is 5.43. The first-order chi connectivity index (χ1) is 20.3. The van der Waals surface area contributed by atoms with Gasteiger partial charge in [0, 0.05) is 12.4 Å². The van der Waals surface area contributed by atoms with Crippen molar-refractivity contribution in [2.75, 3.05) is 0 Å². The Morgan fingerprint density at radius 2 is 0.707 bits per heavy atom. The highest BCUT2D eigenvalue weighted by Crippen LogP contribution is 2.15. The molecule has 0 radical (unpaired) electrons. The highest BCUT2D eigenvalue weighted by molar-refractivity contribution is 5.75. The summed E-state index contributed by atoms with van der Waals surface area (Å²) in [5, 5.41) is 5.61. The Labute approximate surface area is 257 Å². The molecule has 0 saturated carbocycles. The van der Waals surface area contributed by atoms with E-state index in [0.29, 0.717) is 0 Å². The molecule has 0 aliphatic rings. The van der Waals surface area contributed by atoms with Crippen molar-refractivity contribution < 1.29 is 4.79 Å². The van der Waals surface area contributed by atoms with Crippen LogP contribution in [0.3, 0.4) is 0 Å². The van der Waals surface area contributed by atoms with Crippen molar-refractivity contribution >= 4 is 6.03 Å². The Morgan fingerprint density at radius 1 is 0.439 bits per heavy atom. The fraction of sp³-hybridized carbons (Fsp3) is 0.816. The maximum atomic E-state index is 11.8. The van der Waals surface area contributed by atoms with Gasteiger partial charge in [-0.25, -0.2) is 4.79 Å². The van der Waals surface area contributed by atoms with Gasteiger partial charge < -0.3 is 10.6 Å². The van der Waals surface area contributed by atoms with Crippen LogP contribution >= 0.6 is 0 Å².